The molecule has 0 saturated carbocycles. The van der Waals surface area contributed by atoms with Crippen LogP contribution in [0, 0.1) is 13.8 Å². The van der Waals surface area contributed by atoms with Crippen molar-refractivity contribution in [3.05, 3.63) is 70.4 Å². The normalized spacial score (nSPS) is 12.8. The van der Waals surface area contributed by atoms with Gasteiger partial charge in [-0.2, -0.15) is 16.9 Å². The Bertz CT molecular complexity index is 1150. The number of aryl methyl sites for hydroxylation is 2. The Kier molecular flexibility index (Phi) is 6.04. The molecule has 7 heteroatoms. The fourth-order valence-electron chi connectivity index (χ4n) is 3.69. The van der Waals surface area contributed by atoms with E-state index in [1.165, 1.54) is 6.08 Å². The smallest absolute Gasteiger partial charge is 0.249 e. The number of carbonyl (C=O) groups excluding carboxylic acids is 1. The van der Waals surface area contributed by atoms with Crippen molar-refractivity contribution in [2.75, 3.05) is 19.5 Å². The van der Waals surface area contributed by atoms with Gasteiger partial charge in [-0.25, -0.2) is 4.68 Å². The molecular weight excluding hydrogens is 410 g/mol. The highest BCUT2D eigenvalue weighted by atomic mass is 32.2. The van der Waals surface area contributed by atoms with Crippen molar-refractivity contribution in [1.29, 1.82) is 0 Å². The van der Waals surface area contributed by atoms with Crippen molar-refractivity contribution in [2.45, 2.75) is 25.4 Å². The summed E-state index contributed by atoms with van der Waals surface area (Å²) in [5.74, 6) is 3.50. The number of nitrogens with one attached hydrogen (secondary N) is 1. The van der Waals surface area contributed by atoms with E-state index in [-0.39, 0.29) is 5.91 Å². The molecule has 1 aliphatic rings. The summed E-state index contributed by atoms with van der Waals surface area (Å²) < 4.78 is 12.4. The molecule has 0 atom stereocenters. The third-order valence-corrected chi connectivity index (χ3v) is 6.05. The van der Waals surface area contributed by atoms with Gasteiger partial charge >= 0.3 is 0 Å². The molecule has 0 bridgehead atoms. The first kappa shape index (κ1) is 21.1. The number of hydrogen-bond acceptors (Lipinski definition) is 5. The highest BCUT2D eigenvalue weighted by molar-refractivity contribution is 7.98. The Morgan fingerprint density at radius 3 is 2.52 bits per heavy atom. The Morgan fingerprint density at radius 2 is 1.81 bits per heavy atom. The molecule has 1 amide bonds. The van der Waals surface area contributed by atoms with Gasteiger partial charge < -0.3 is 14.8 Å². The summed E-state index contributed by atoms with van der Waals surface area (Å²) in [6, 6.07) is 11.8. The highest BCUT2D eigenvalue weighted by Gasteiger charge is 2.24. The molecule has 3 aromatic rings. The van der Waals surface area contributed by atoms with Crippen molar-refractivity contribution >= 4 is 29.6 Å². The quantitative estimate of drug-likeness (QED) is 0.558. The number of carbonyl (C=O) groups is 1. The number of benzene rings is 2. The summed E-state index contributed by atoms with van der Waals surface area (Å²) in [5, 5.41) is 7.84. The van der Waals surface area contributed by atoms with Gasteiger partial charge in [0.05, 0.1) is 25.6 Å². The van der Waals surface area contributed by atoms with Crippen LogP contribution in [-0.2, 0) is 16.3 Å². The minimum absolute atomic E-state index is 0.208. The predicted octanol–water partition coefficient (Wildman–Crippen LogP) is 4.91. The van der Waals surface area contributed by atoms with Gasteiger partial charge in [0.25, 0.3) is 0 Å². The largest absolute Gasteiger partial charge is 0.493 e. The van der Waals surface area contributed by atoms with E-state index in [4.69, 9.17) is 14.6 Å². The van der Waals surface area contributed by atoms with Gasteiger partial charge in [0.15, 0.2) is 11.5 Å². The van der Waals surface area contributed by atoms with Gasteiger partial charge in [0.2, 0.25) is 5.91 Å². The topological polar surface area (TPSA) is 65.4 Å². The van der Waals surface area contributed by atoms with Crippen molar-refractivity contribution in [2.24, 2.45) is 0 Å². The summed E-state index contributed by atoms with van der Waals surface area (Å²) in [6.45, 7) is 4.13. The molecule has 31 heavy (non-hydrogen) atoms. The lowest BCUT2D eigenvalue weighted by atomic mass is 10.1. The van der Waals surface area contributed by atoms with Gasteiger partial charge in [-0.15, -0.1) is 0 Å². The standard InChI is InChI=1S/C24H25N3O3S/c1-15-9-16(2)11-18(10-15)27-24(19-13-31-14-20(19)26-27)25-23(28)8-6-17-5-7-21(29-3)22(12-17)30-4/h5-12H,13-14H2,1-4H3,(H,25,28). The second-order valence-electron chi connectivity index (χ2n) is 7.46. The van der Waals surface area contributed by atoms with E-state index < -0.39 is 0 Å². The van der Waals surface area contributed by atoms with Crippen LogP contribution in [0.25, 0.3) is 11.8 Å². The lowest BCUT2D eigenvalue weighted by Crippen LogP contribution is -2.13. The summed E-state index contributed by atoms with van der Waals surface area (Å²) in [7, 11) is 3.18. The zero-order valence-corrected chi connectivity index (χ0v) is 18.9. The fourth-order valence-corrected chi connectivity index (χ4v) is 4.72. The molecule has 1 N–H and O–H groups in total. The molecule has 2 aromatic carbocycles. The summed E-state index contributed by atoms with van der Waals surface area (Å²) >= 11 is 1.81. The number of ether oxygens (including phenoxy) is 2. The van der Waals surface area contributed by atoms with Crippen LogP contribution in [0.4, 0.5) is 5.82 Å². The molecule has 0 fully saturated rings. The van der Waals surface area contributed by atoms with E-state index in [2.05, 4.69) is 37.4 Å². The van der Waals surface area contributed by atoms with Gasteiger partial charge in [0, 0.05) is 23.1 Å². The Labute approximate surface area is 186 Å². The maximum Gasteiger partial charge on any atom is 0.249 e. The van der Waals surface area contributed by atoms with Gasteiger partial charge in [0.1, 0.15) is 5.82 Å². The van der Waals surface area contributed by atoms with E-state index in [9.17, 15) is 4.79 Å². The summed E-state index contributed by atoms with van der Waals surface area (Å²) in [4.78, 5) is 12.8. The van der Waals surface area contributed by atoms with E-state index in [1.54, 1.807) is 20.3 Å². The van der Waals surface area contributed by atoms with Crippen molar-refractivity contribution < 1.29 is 14.3 Å². The zero-order valence-electron chi connectivity index (χ0n) is 18.1. The number of fused-ring (bicyclic) bond motifs is 1. The predicted molar refractivity (Wildman–Crippen MR) is 125 cm³/mol. The minimum Gasteiger partial charge on any atom is -0.493 e. The molecule has 0 unspecified atom stereocenters. The first-order valence-electron chi connectivity index (χ1n) is 9.96. The fraction of sp³-hybridized carbons (Fsp3) is 0.250. The first-order valence-corrected chi connectivity index (χ1v) is 11.1. The molecule has 1 aliphatic heterocycles. The Hall–Kier alpha value is -3.19. The highest BCUT2D eigenvalue weighted by Crippen LogP contribution is 2.36. The SMILES string of the molecule is COc1ccc(C=CC(=O)Nc2c3c(nn2-c2cc(C)cc(C)c2)CSC3)cc1OC. The van der Waals surface area contributed by atoms with Crippen LogP contribution in [0.3, 0.4) is 0 Å². The number of aromatic nitrogens is 2. The number of anilines is 1. The number of methoxy groups -OCH3 is 2. The molecule has 6 nitrogen and oxygen atoms in total. The monoisotopic (exact) mass is 435 g/mol. The van der Waals surface area contributed by atoms with E-state index in [0.717, 1.165) is 51.0 Å². The maximum atomic E-state index is 12.8. The van der Waals surface area contributed by atoms with E-state index >= 15 is 0 Å². The summed E-state index contributed by atoms with van der Waals surface area (Å²) in [6.07, 6.45) is 3.28. The number of hydrogen-bond donors (Lipinski definition) is 1. The molecule has 0 saturated heterocycles. The minimum atomic E-state index is -0.208. The average molecular weight is 436 g/mol. The summed E-state index contributed by atoms with van der Waals surface area (Å²) in [5.41, 5.74) is 6.24. The lowest BCUT2D eigenvalue weighted by molar-refractivity contribution is -0.111. The number of nitrogens with zero attached hydrogens (tertiary/aromatic N) is 2. The van der Waals surface area contributed by atoms with Crippen LogP contribution in [0.5, 0.6) is 11.5 Å². The maximum absolute atomic E-state index is 12.8. The molecule has 0 aliphatic carbocycles. The zero-order chi connectivity index (χ0) is 22.0. The molecule has 2 heterocycles. The number of thioether (sulfide) groups is 1. The first-order chi connectivity index (χ1) is 15.0. The van der Waals surface area contributed by atoms with Gasteiger partial charge in [-0.05, 0) is 60.9 Å². The van der Waals surface area contributed by atoms with Crippen LogP contribution < -0.4 is 14.8 Å². The number of amides is 1. The Morgan fingerprint density at radius 1 is 1.06 bits per heavy atom. The molecule has 1 aromatic heterocycles. The molecular formula is C24H25N3O3S. The van der Waals surface area contributed by atoms with Crippen LogP contribution >= 0.6 is 11.8 Å². The van der Waals surface area contributed by atoms with Crippen LogP contribution in [0.15, 0.2) is 42.5 Å². The van der Waals surface area contributed by atoms with Crippen molar-refractivity contribution in [3.63, 3.8) is 0 Å². The third-order valence-electron chi connectivity index (χ3n) is 5.08. The molecule has 0 radical (unpaired) electrons. The van der Waals surface area contributed by atoms with Crippen molar-refractivity contribution in [1.82, 2.24) is 9.78 Å². The van der Waals surface area contributed by atoms with Crippen molar-refractivity contribution in [3.8, 4) is 17.2 Å². The van der Waals surface area contributed by atoms with E-state index in [0.29, 0.717) is 11.5 Å². The van der Waals surface area contributed by atoms with Gasteiger partial charge in [-0.1, -0.05) is 12.1 Å². The van der Waals surface area contributed by atoms with E-state index in [1.807, 2.05) is 34.6 Å². The molecule has 0 spiro atoms. The molecule has 160 valence electrons. The van der Waals surface area contributed by atoms with Crippen LogP contribution in [-0.4, -0.2) is 29.9 Å². The van der Waals surface area contributed by atoms with Crippen LogP contribution in [0.2, 0.25) is 0 Å². The second-order valence-corrected chi connectivity index (χ2v) is 8.45. The molecule has 4 rings (SSSR count). The third kappa shape index (κ3) is 4.46. The lowest BCUT2D eigenvalue weighted by Gasteiger charge is -2.11. The van der Waals surface area contributed by atoms with Gasteiger partial charge in [-0.3, -0.25) is 4.79 Å². The second kappa shape index (κ2) is 8.89. The number of rotatable bonds is 6. The average Bonchev–Trinajstić information content (AvgIpc) is 3.34. The Balaban J connectivity index is 1.61. The van der Waals surface area contributed by atoms with Crippen LogP contribution in [0.1, 0.15) is 27.9 Å².